The first-order valence-electron chi connectivity index (χ1n) is 35.8. The zero-order chi connectivity index (χ0) is 58.5. The van der Waals surface area contributed by atoms with Gasteiger partial charge in [0, 0.05) is 19.3 Å². The highest BCUT2D eigenvalue weighted by atomic mass is 16.6. The van der Waals surface area contributed by atoms with Crippen LogP contribution in [-0.2, 0) is 28.6 Å². The van der Waals surface area contributed by atoms with Gasteiger partial charge in [-0.05, 0) is 83.5 Å². The third-order valence-electron chi connectivity index (χ3n) is 16.0. The van der Waals surface area contributed by atoms with Crippen molar-refractivity contribution in [2.75, 3.05) is 13.2 Å². The van der Waals surface area contributed by atoms with Crippen molar-refractivity contribution in [3.8, 4) is 0 Å². The molecule has 0 aliphatic heterocycles. The van der Waals surface area contributed by atoms with E-state index >= 15 is 0 Å². The molecule has 6 nitrogen and oxygen atoms in total. The van der Waals surface area contributed by atoms with Gasteiger partial charge in [-0.25, -0.2) is 0 Å². The number of hydrogen-bond acceptors (Lipinski definition) is 6. The maximum absolute atomic E-state index is 12.9. The van der Waals surface area contributed by atoms with Gasteiger partial charge in [0.05, 0.1) is 0 Å². The Morgan fingerprint density at radius 1 is 0.259 bits per heavy atom. The van der Waals surface area contributed by atoms with Crippen LogP contribution < -0.4 is 0 Å². The zero-order valence-corrected chi connectivity index (χ0v) is 54.3. The number of carbonyl (C=O) groups is 3. The minimum Gasteiger partial charge on any atom is -0.462 e. The first kappa shape index (κ1) is 78.1. The standard InChI is InChI=1S/C75H136O6/c1-4-7-10-13-16-19-22-25-27-29-31-33-35-36-37-38-40-41-43-45-47-50-53-56-59-62-65-68-74(77)80-71-72(70-79-73(76)67-64-61-58-55-52-49-24-21-18-15-12-9-6-3)81-75(78)69-66-63-60-57-54-51-48-46-44-42-39-34-32-30-28-26-23-20-17-14-11-8-5-2/h9,12,18,21,23,26,30,32,49,52,72H,4-8,10-11,13-17,19-20,22,24-25,27-29,31,33-48,50-51,53-71H2,1-3H3/b12-9-,21-18-,26-23-,32-30-,52-49-. The molecule has 0 rings (SSSR count). The molecule has 0 aromatic rings. The van der Waals surface area contributed by atoms with Crippen LogP contribution in [-0.4, -0.2) is 37.2 Å². The molecule has 1 atom stereocenters. The summed E-state index contributed by atoms with van der Waals surface area (Å²) in [5.41, 5.74) is 0. The molecular formula is C75H136O6. The Hall–Kier alpha value is -2.89. The van der Waals surface area contributed by atoms with Crippen molar-refractivity contribution in [2.24, 2.45) is 0 Å². The number of allylic oxidation sites excluding steroid dienone is 10. The van der Waals surface area contributed by atoms with E-state index in [1.54, 1.807) is 0 Å². The molecule has 0 saturated heterocycles. The normalized spacial score (nSPS) is 12.4. The van der Waals surface area contributed by atoms with Crippen molar-refractivity contribution >= 4 is 17.9 Å². The van der Waals surface area contributed by atoms with Crippen molar-refractivity contribution in [3.05, 3.63) is 60.8 Å². The average molecular weight is 1130 g/mol. The number of hydrogen-bond donors (Lipinski definition) is 0. The van der Waals surface area contributed by atoms with Gasteiger partial charge in [-0.3, -0.25) is 14.4 Å². The number of esters is 3. The molecule has 0 aromatic heterocycles. The Kier molecular flexibility index (Phi) is 67.1. The lowest BCUT2D eigenvalue weighted by Gasteiger charge is -2.18. The fourth-order valence-electron chi connectivity index (χ4n) is 10.7. The summed E-state index contributed by atoms with van der Waals surface area (Å²) in [6, 6.07) is 0. The summed E-state index contributed by atoms with van der Waals surface area (Å²) in [5.74, 6) is -0.891. The predicted molar refractivity (Wildman–Crippen MR) is 353 cm³/mol. The molecule has 0 bridgehead atoms. The van der Waals surface area contributed by atoms with Gasteiger partial charge < -0.3 is 14.2 Å². The van der Waals surface area contributed by atoms with E-state index in [0.717, 1.165) is 89.9 Å². The molecule has 472 valence electrons. The Morgan fingerprint density at radius 2 is 0.481 bits per heavy atom. The summed E-state index contributed by atoms with van der Waals surface area (Å²) in [7, 11) is 0. The van der Waals surface area contributed by atoms with E-state index in [-0.39, 0.29) is 31.1 Å². The fraction of sp³-hybridized carbons (Fsp3) is 0.827. The Balaban J connectivity index is 4.23. The van der Waals surface area contributed by atoms with E-state index in [1.807, 2.05) is 0 Å². The number of rotatable bonds is 66. The summed E-state index contributed by atoms with van der Waals surface area (Å²) in [6.45, 7) is 6.55. The number of ether oxygens (including phenoxy) is 3. The third-order valence-corrected chi connectivity index (χ3v) is 16.0. The molecule has 0 saturated carbocycles. The second-order valence-electron chi connectivity index (χ2n) is 24.1. The maximum atomic E-state index is 12.9. The molecule has 0 aromatic carbocycles. The van der Waals surface area contributed by atoms with E-state index in [4.69, 9.17) is 14.2 Å². The molecule has 0 heterocycles. The summed E-state index contributed by atoms with van der Waals surface area (Å²) in [6.07, 6.45) is 89.8. The molecule has 81 heavy (non-hydrogen) atoms. The third kappa shape index (κ3) is 67.8. The van der Waals surface area contributed by atoms with Crippen molar-refractivity contribution in [2.45, 2.75) is 386 Å². The van der Waals surface area contributed by atoms with Crippen LogP contribution in [0.15, 0.2) is 60.8 Å². The lowest BCUT2D eigenvalue weighted by atomic mass is 10.0. The average Bonchev–Trinajstić information content (AvgIpc) is 3.46. The largest absolute Gasteiger partial charge is 0.462 e. The first-order chi connectivity index (χ1) is 40.0. The van der Waals surface area contributed by atoms with Gasteiger partial charge in [0.15, 0.2) is 6.10 Å². The molecule has 0 amide bonds. The SMILES string of the molecule is CC/C=C\C/C=C\C/C=C\CCCCCC(=O)OCC(COC(=O)CCCCCCCCCCCCCCCCCCCCCCCCCCCCC)OC(=O)CCCCCCCCCCCCC/C=C\C/C=C\CCCCCCC. The van der Waals surface area contributed by atoms with Crippen molar-refractivity contribution < 1.29 is 28.6 Å². The molecule has 6 heteroatoms. The molecule has 0 fully saturated rings. The van der Waals surface area contributed by atoms with Gasteiger partial charge in [-0.15, -0.1) is 0 Å². The first-order valence-corrected chi connectivity index (χ1v) is 35.8. The Bertz CT molecular complexity index is 1440. The lowest BCUT2D eigenvalue weighted by Crippen LogP contribution is -2.30. The molecule has 0 spiro atoms. The minimum absolute atomic E-state index is 0.0808. The van der Waals surface area contributed by atoms with Crippen LogP contribution in [0, 0.1) is 0 Å². The van der Waals surface area contributed by atoms with Gasteiger partial charge in [-0.2, -0.15) is 0 Å². The summed E-state index contributed by atoms with van der Waals surface area (Å²) in [5, 5.41) is 0. The predicted octanol–water partition coefficient (Wildman–Crippen LogP) is 24.7. The quantitative estimate of drug-likeness (QED) is 0.0261. The second kappa shape index (κ2) is 69.6. The number of carbonyl (C=O) groups excluding carboxylic acids is 3. The molecule has 1 unspecified atom stereocenters. The Morgan fingerprint density at radius 3 is 0.765 bits per heavy atom. The highest BCUT2D eigenvalue weighted by Crippen LogP contribution is 2.18. The van der Waals surface area contributed by atoms with E-state index in [2.05, 4.69) is 81.5 Å². The van der Waals surface area contributed by atoms with Crippen molar-refractivity contribution in [1.82, 2.24) is 0 Å². The van der Waals surface area contributed by atoms with Gasteiger partial charge in [0.1, 0.15) is 13.2 Å². The highest BCUT2D eigenvalue weighted by Gasteiger charge is 2.19. The van der Waals surface area contributed by atoms with E-state index in [0.29, 0.717) is 19.3 Å². The van der Waals surface area contributed by atoms with Gasteiger partial charge in [0.2, 0.25) is 0 Å². The lowest BCUT2D eigenvalue weighted by molar-refractivity contribution is -0.167. The smallest absolute Gasteiger partial charge is 0.306 e. The van der Waals surface area contributed by atoms with Crippen LogP contribution in [0.2, 0.25) is 0 Å². The van der Waals surface area contributed by atoms with Crippen LogP contribution in [0.5, 0.6) is 0 Å². The second-order valence-corrected chi connectivity index (χ2v) is 24.1. The minimum atomic E-state index is -0.788. The fourth-order valence-corrected chi connectivity index (χ4v) is 10.7. The monoisotopic (exact) mass is 1130 g/mol. The summed E-state index contributed by atoms with van der Waals surface area (Å²) >= 11 is 0. The van der Waals surface area contributed by atoms with E-state index < -0.39 is 6.10 Å². The van der Waals surface area contributed by atoms with E-state index in [9.17, 15) is 14.4 Å². The van der Waals surface area contributed by atoms with Crippen LogP contribution in [0.4, 0.5) is 0 Å². The molecule has 0 radical (unpaired) electrons. The van der Waals surface area contributed by atoms with Crippen molar-refractivity contribution in [1.29, 1.82) is 0 Å². The number of unbranched alkanes of at least 4 members (excludes halogenated alkanes) is 45. The maximum Gasteiger partial charge on any atom is 0.306 e. The summed E-state index contributed by atoms with van der Waals surface area (Å²) in [4.78, 5) is 38.4. The van der Waals surface area contributed by atoms with Gasteiger partial charge in [0.25, 0.3) is 0 Å². The van der Waals surface area contributed by atoms with E-state index in [1.165, 1.54) is 250 Å². The molecule has 0 N–H and O–H groups in total. The molecular weight excluding hydrogens is 997 g/mol. The summed E-state index contributed by atoms with van der Waals surface area (Å²) < 4.78 is 17.0. The topological polar surface area (TPSA) is 78.9 Å². The van der Waals surface area contributed by atoms with Gasteiger partial charge >= 0.3 is 17.9 Å². The molecule has 0 aliphatic rings. The van der Waals surface area contributed by atoms with Crippen molar-refractivity contribution in [3.63, 3.8) is 0 Å². The molecule has 0 aliphatic carbocycles. The van der Waals surface area contributed by atoms with Crippen LogP contribution in [0.1, 0.15) is 380 Å². The van der Waals surface area contributed by atoms with Crippen LogP contribution in [0.3, 0.4) is 0 Å². The zero-order valence-electron chi connectivity index (χ0n) is 54.3. The van der Waals surface area contributed by atoms with Crippen LogP contribution >= 0.6 is 0 Å². The Labute approximate surface area is 504 Å². The van der Waals surface area contributed by atoms with Gasteiger partial charge in [-0.1, -0.05) is 338 Å². The highest BCUT2D eigenvalue weighted by molar-refractivity contribution is 5.71. The van der Waals surface area contributed by atoms with Crippen LogP contribution in [0.25, 0.3) is 0 Å².